The van der Waals surface area contributed by atoms with Crippen molar-refractivity contribution in [3.63, 3.8) is 0 Å². The first-order valence-corrected chi connectivity index (χ1v) is 10.9. The molecule has 2 heterocycles. The molecular formula is C24H18ClN5O4. The number of aromatic amines is 1. The van der Waals surface area contributed by atoms with Crippen LogP contribution in [-0.2, 0) is 0 Å². The molecule has 0 bridgehead atoms. The summed E-state index contributed by atoms with van der Waals surface area (Å²) in [6.07, 6.45) is 3.00. The maximum Gasteiger partial charge on any atom is 0.330 e. The third kappa shape index (κ3) is 4.20. The number of benzene rings is 2. The van der Waals surface area contributed by atoms with E-state index in [0.717, 1.165) is 12.8 Å². The maximum absolute atomic E-state index is 13.0. The van der Waals surface area contributed by atoms with Crippen LogP contribution in [0.15, 0.2) is 70.4 Å². The van der Waals surface area contributed by atoms with E-state index in [-0.39, 0.29) is 28.5 Å². The van der Waals surface area contributed by atoms with Crippen LogP contribution >= 0.6 is 11.6 Å². The lowest BCUT2D eigenvalue weighted by Gasteiger charge is -2.13. The highest BCUT2D eigenvalue weighted by atomic mass is 35.5. The zero-order chi connectivity index (χ0) is 23.8. The molecule has 0 aliphatic heterocycles. The number of nitrogens with one attached hydrogen (secondary N) is 3. The number of rotatable bonds is 5. The minimum Gasteiger partial charge on any atom is -0.320 e. The van der Waals surface area contributed by atoms with Crippen LogP contribution in [-0.4, -0.2) is 26.3 Å². The lowest BCUT2D eigenvalue weighted by Crippen LogP contribution is -2.30. The van der Waals surface area contributed by atoms with Crippen molar-refractivity contribution < 1.29 is 9.59 Å². The third-order valence-electron chi connectivity index (χ3n) is 5.48. The predicted molar refractivity (Wildman–Crippen MR) is 129 cm³/mol. The number of halogens is 1. The topological polar surface area (TPSA) is 126 Å². The molecule has 2 amide bonds. The second kappa shape index (κ2) is 8.60. The number of pyridine rings is 1. The van der Waals surface area contributed by atoms with Crippen molar-refractivity contribution in [3.8, 4) is 0 Å². The fourth-order valence-corrected chi connectivity index (χ4v) is 3.75. The molecule has 1 aliphatic carbocycles. The Labute approximate surface area is 197 Å². The Kier molecular flexibility index (Phi) is 5.46. The molecule has 1 saturated carbocycles. The van der Waals surface area contributed by atoms with Crippen molar-refractivity contribution in [2.24, 2.45) is 0 Å². The monoisotopic (exact) mass is 475 g/mol. The van der Waals surface area contributed by atoms with E-state index in [2.05, 4.69) is 20.6 Å². The van der Waals surface area contributed by atoms with E-state index in [9.17, 15) is 19.2 Å². The molecule has 3 N–H and O–H groups in total. The molecule has 4 aromatic rings. The number of aromatic nitrogens is 3. The van der Waals surface area contributed by atoms with E-state index in [1.807, 2.05) is 0 Å². The highest BCUT2D eigenvalue weighted by Gasteiger charge is 2.28. The molecule has 0 unspecified atom stereocenters. The van der Waals surface area contributed by atoms with Gasteiger partial charge in [-0.05, 0) is 55.3 Å². The van der Waals surface area contributed by atoms with Gasteiger partial charge in [-0.1, -0.05) is 23.7 Å². The number of para-hydroxylation sites is 2. The first-order valence-electron chi connectivity index (χ1n) is 10.5. The summed E-state index contributed by atoms with van der Waals surface area (Å²) in [6.45, 7) is 0. The molecule has 0 saturated heterocycles. The van der Waals surface area contributed by atoms with Gasteiger partial charge < -0.3 is 10.6 Å². The van der Waals surface area contributed by atoms with Crippen LogP contribution in [0.4, 0.5) is 11.4 Å². The second-order valence-electron chi connectivity index (χ2n) is 7.92. The zero-order valence-electron chi connectivity index (χ0n) is 17.7. The lowest BCUT2D eigenvalue weighted by atomic mass is 10.2. The maximum atomic E-state index is 13.0. The first-order chi connectivity index (χ1) is 16.4. The number of carbonyl (C=O) groups is 2. The Morgan fingerprint density at radius 1 is 0.941 bits per heavy atom. The van der Waals surface area contributed by atoms with Gasteiger partial charge in [0, 0.05) is 22.8 Å². The first kappa shape index (κ1) is 21.6. The average Bonchev–Trinajstić information content (AvgIpc) is 3.65. The molecule has 10 heteroatoms. The van der Waals surface area contributed by atoms with E-state index >= 15 is 0 Å². The minimum atomic E-state index is -0.602. The summed E-state index contributed by atoms with van der Waals surface area (Å²) in [5.41, 5.74) is 0.452. The summed E-state index contributed by atoms with van der Waals surface area (Å²) in [5.74, 6) is -0.888. The van der Waals surface area contributed by atoms with Crippen LogP contribution in [0, 0.1) is 0 Å². The molecule has 0 atom stereocenters. The summed E-state index contributed by atoms with van der Waals surface area (Å²) in [4.78, 5) is 56.6. The van der Waals surface area contributed by atoms with Crippen molar-refractivity contribution in [1.82, 2.24) is 14.5 Å². The smallest absolute Gasteiger partial charge is 0.320 e. The van der Waals surface area contributed by atoms with E-state index in [4.69, 9.17) is 11.6 Å². The van der Waals surface area contributed by atoms with Gasteiger partial charge >= 0.3 is 5.69 Å². The Morgan fingerprint density at radius 2 is 1.56 bits per heavy atom. The predicted octanol–water partition coefficient (Wildman–Crippen LogP) is 3.58. The summed E-state index contributed by atoms with van der Waals surface area (Å²) in [5, 5.41) is 6.18. The molecule has 1 fully saturated rings. The van der Waals surface area contributed by atoms with Gasteiger partial charge in [0.15, 0.2) is 0 Å². The van der Waals surface area contributed by atoms with Crippen LogP contribution in [0.25, 0.3) is 11.0 Å². The number of nitrogens with zero attached hydrogens (tertiary/aromatic N) is 2. The Bertz CT molecular complexity index is 1550. The van der Waals surface area contributed by atoms with Gasteiger partial charge in [0.1, 0.15) is 5.65 Å². The quantitative estimate of drug-likeness (QED) is 0.406. The number of amides is 2. The largest absolute Gasteiger partial charge is 0.330 e. The number of H-pyrrole nitrogens is 1. The Balaban J connectivity index is 1.42. The van der Waals surface area contributed by atoms with Crippen molar-refractivity contribution >= 4 is 45.8 Å². The molecule has 9 nitrogen and oxygen atoms in total. The molecule has 2 aromatic heterocycles. The van der Waals surface area contributed by atoms with Crippen molar-refractivity contribution in [3.05, 3.63) is 97.8 Å². The van der Waals surface area contributed by atoms with Crippen LogP contribution < -0.4 is 21.9 Å². The Hall–Kier alpha value is -4.24. The molecular weight excluding hydrogens is 458 g/mol. The number of carbonyl (C=O) groups excluding carboxylic acids is 2. The molecule has 0 spiro atoms. The number of anilines is 2. The van der Waals surface area contributed by atoms with E-state index in [1.54, 1.807) is 48.5 Å². The van der Waals surface area contributed by atoms with Gasteiger partial charge in [-0.15, -0.1) is 0 Å². The molecule has 1 aliphatic rings. The van der Waals surface area contributed by atoms with Gasteiger partial charge in [-0.25, -0.2) is 9.78 Å². The molecule has 34 heavy (non-hydrogen) atoms. The fraction of sp³-hybridized carbons (Fsp3) is 0.125. The highest BCUT2D eigenvalue weighted by Crippen LogP contribution is 2.34. The number of hydrogen-bond acceptors (Lipinski definition) is 5. The molecule has 5 rings (SSSR count). The second-order valence-corrected chi connectivity index (χ2v) is 8.35. The van der Waals surface area contributed by atoms with Crippen molar-refractivity contribution in [2.75, 3.05) is 10.6 Å². The third-order valence-corrected chi connectivity index (χ3v) is 5.73. The van der Waals surface area contributed by atoms with Gasteiger partial charge in [0.25, 0.3) is 17.4 Å². The number of fused-ring (bicyclic) bond motifs is 1. The fourth-order valence-electron chi connectivity index (χ4n) is 3.62. The number of hydrogen-bond donors (Lipinski definition) is 3. The van der Waals surface area contributed by atoms with E-state index in [0.29, 0.717) is 22.0 Å². The summed E-state index contributed by atoms with van der Waals surface area (Å²) in [7, 11) is 0. The van der Waals surface area contributed by atoms with Gasteiger partial charge in [0.2, 0.25) is 0 Å². The van der Waals surface area contributed by atoms with Crippen LogP contribution in [0.1, 0.15) is 39.6 Å². The van der Waals surface area contributed by atoms with E-state index < -0.39 is 17.2 Å². The summed E-state index contributed by atoms with van der Waals surface area (Å²) >= 11 is 5.88. The SMILES string of the molecule is O=C(Nc1ccccc1NC(=O)c1cnc2c(c1)c(=O)[nH]c(=O)n2C1CC1)c1ccc(Cl)cc1. The highest BCUT2D eigenvalue weighted by molar-refractivity contribution is 6.30. The minimum absolute atomic E-state index is 0.00940. The van der Waals surface area contributed by atoms with Gasteiger partial charge in [0.05, 0.1) is 22.3 Å². The average molecular weight is 476 g/mol. The Morgan fingerprint density at radius 3 is 2.18 bits per heavy atom. The van der Waals surface area contributed by atoms with E-state index in [1.165, 1.54) is 16.8 Å². The van der Waals surface area contributed by atoms with Crippen LogP contribution in [0.3, 0.4) is 0 Å². The van der Waals surface area contributed by atoms with Crippen LogP contribution in [0.5, 0.6) is 0 Å². The summed E-state index contributed by atoms with van der Waals surface area (Å²) in [6, 6.07) is 14.6. The molecule has 2 aromatic carbocycles. The summed E-state index contributed by atoms with van der Waals surface area (Å²) < 4.78 is 1.46. The zero-order valence-corrected chi connectivity index (χ0v) is 18.4. The van der Waals surface area contributed by atoms with Gasteiger partial charge in [-0.3, -0.25) is 23.9 Å². The van der Waals surface area contributed by atoms with Crippen LogP contribution in [0.2, 0.25) is 5.02 Å². The normalized spacial score (nSPS) is 13.0. The lowest BCUT2D eigenvalue weighted by molar-refractivity contribution is 0.101. The molecule has 170 valence electrons. The molecule has 0 radical (unpaired) electrons. The van der Waals surface area contributed by atoms with Crippen molar-refractivity contribution in [2.45, 2.75) is 18.9 Å². The standard InChI is InChI=1S/C24H18ClN5O4/c25-15-7-5-13(6-8-15)21(31)27-18-3-1-2-4-19(18)28-22(32)14-11-17-20(26-12-14)30(16-9-10-16)24(34)29-23(17)33/h1-8,11-12,16H,9-10H2,(H,27,31)(H,28,32)(H,29,33,34). The van der Waals surface area contributed by atoms with Gasteiger partial charge in [-0.2, -0.15) is 0 Å². The van der Waals surface area contributed by atoms with Crippen molar-refractivity contribution in [1.29, 1.82) is 0 Å².